The molecule has 1 aromatic heterocycles. The molecule has 55 heavy (non-hydrogen) atoms. The zero-order chi connectivity index (χ0) is 39.7. The summed E-state index contributed by atoms with van der Waals surface area (Å²) in [6, 6.07) is 12.1. The maximum Gasteiger partial charge on any atom is 0.471 e. The number of piperazine rings is 1. The minimum Gasteiger partial charge on any atom is -0.489 e. The molecular weight excluding hydrogens is 748 g/mol. The molecule has 3 aromatic carbocycles. The maximum atomic E-state index is 14.3. The third-order valence-electron chi connectivity index (χ3n) is 9.15. The number of likely N-dealkylation sites (N-methyl/N-ethyl adjacent to an activating group) is 1. The number of carbonyl (C=O) groups excluding carboxylic acids is 3. The third kappa shape index (κ3) is 9.48. The summed E-state index contributed by atoms with van der Waals surface area (Å²) in [6.45, 7) is 7.77. The molecule has 0 atom stereocenters. The minimum atomic E-state index is -5.24. The van der Waals surface area contributed by atoms with Crippen LogP contribution in [0.2, 0.25) is 5.02 Å². The second-order valence-electron chi connectivity index (χ2n) is 14.4. The van der Waals surface area contributed by atoms with Crippen LogP contribution in [0.1, 0.15) is 49.5 Å². The molecule has 2 saturated heterocycles. The zero-order valence-corrected chi connectivity index (χ0v) is 31.5. The molecule has 12 nitrogen and oxygen atoms in total. The van der Waals surface area contributed by atoms with Crippen molar-refractivity contribution in [1.82, 2.24) is 14.7 Å². The third-order valence-corrected chi connectivity index (χ3v) is 9.37. The van der Waals surface area contributed by atoms with Gasteiger partial charge in [-0.15, -0.1) is 5.10 Å². The minimum absolute atomic E-state index is 0.0802. The van der Waals surface area contributed by atoms with E-state index in [1.165, 1.54) is 36.4 Å². The van der Waals surface area contributed by atoms with Gasteiger partial charge in [0, 0.05) is 61.5 Å². The molecule has 4 aromatic rings. The Morgan fingerprint density at radius 1 is 0.982 bits per heavy atom. The number of ether oxygens (including phenoxy) is 3. The average molecular weight is 789 g/mol. The number of alkyl halides is 3. The number of nitrogens with zero attached hydrogens (tertiary/aromatic N) is 5. The zero-order valence-electron chi connectivity index (χ0n) is 30.7. The van der Waals surface area contributed by atoms with Crippen LogP contribution in [0.4, 0.5) is 39.5 Å². The predicted octanol–water partition coefficient (Wildman–Crippen LogP) is 7.27. The highest BCUT2D eigenvalue weighted by Crippen LogP contribution is 2.36. The first-order chi connectivity index (χ1) is 26.0. The van der Waals surface area contributed by atoms with Crippen molar-refractivity contribution in [2.75, 3.05) is 61.6 Å². The lowest BCUT2D eigenvalue weighted by Crippen LogP contribution is -2.50. The Hall–Kier alpha value is -4.93. The van der Waals surface area contributed by atoms with Crippen molar-refractivity contribution in [2.24, 2.45) is 0 Å². The van der Waals surface area contributed by atoms with Gasteiger partial charge in [-0.1, -0.05) is 11.6 Å². The van der Waals surface area contributed by atoms with E-state index in [-0.39, 0.29) is 71.4 Å². The second kappa shape index (κ2) is 16.0. The number of nitrogens with one attached hydrogen (secondary N) is 1. The van der Waals surface area contributed by atoms with Gasteiger partial charge in [0.15, 0.2) is 5.82 Å². The van der Waals surface area contributed by atoms with Crippen molar-refractivity contribution in [3.63, 3.8) is 0 Å². The first-order valence-electron chi connectivity index (χ1n) is 17.7. The van der Waals surface area contributed by atoms with E-state index in [9.17, 15) is 31.9 Å². The number of amides is 2. The Kier molecular flexibility index (Phi) is 11.6. The molecule has 3 heterocycles. The van der Waals surface area contributed by atoms with E-state index in [0.29, 0.717) is 42.3 Å². The number of hydrogen-bond acceptors (Lipinski definition) is 9. The molecule has 2 amide bonds. The second-order valence-corrected chi connectivity index (χ2v) is 14.9. The van der Waals surface area contributed by atoms with E-state index < -0.39 is 41.5 Å². The molecule has 17 heteroatoms. The topological polar surface area (TPSA) is 118 Å². The van der Waals surface area contributed by atoms with Crippen molar-refractivity contribution in [3.8, 4) is 5.75 Å². The Balaban J connectivity index is 1.41. The number of fused-ring (bicyclic) bond motifs is 1. The summed E-state index contributed by atoms with van der Waals surface area (Å²) in [5.74, 6) is -3.42. The molecule has 0 unspecified atom stereocenters. The van der Waals surface area contributed by atoms with Crippen molar-refractivity contribution in [3.05, 3.63) is 76.6 Å². The van der Waals surface area contributed by atoms with Crippen molar-refractivity contribution < 1.29 is 46.2 Å². The van der Waals surface area contributed by atoms with Gasteiger partial charge in [0.2, 0.25) is 0 Å². The molecular formula is C38H41ClF4N6O6. The van der Waals surface area contributed by atoms with Gasteiger partial charge in [0.05, 0.1) is 16.8 Å². The van der Waals surface area contributed by atoms with E-state index in [2.05, 4.69) is 15.3 Å². The van der Waals surface area contributed by atoms with E-state index in [1.54, 1.807) is 32.9 Å². The molecule has 0 radical (unpaired) electrons. The largest absolute Gasteiger partial charge is 0.489 e. The van der Waals surface area contributed by atoms with Gasteiger partial charge >= 0.3 is 18.2 Å². The monoisotopic (exact) mass is 788 g/mol. The van der Waals surface area contributed by atoms with E-state index >= 15 is 0 Å². The van der Waals surface area contributed by atoms with Gasteiger partial charge in [-0.05, 0) is 101 Å². The van der Waals surface area contributed by atoms with Crippen molar-refractivity contribution in [1.29, 1.82) is 0 Å². The summed E-state index contributed by atoms with van der Waals surface area (Å²) in [5, 5.41) is 7.43. The van der Waals surface area contributed by atoms with Gasteiger partial charge in [-0.2, -0.15) is 17.9 Å². The predicted molar refractivity (Wildman–Crippen MR) is 199 cm³/mol. The Morgan fingerprint density at radius 2 is 1.69 bits per heavy atom. The first kappa shape index (κ1) is 39.8. The number of hydrogen-bond donors (Lipinski definition) is 1. The molecule has 0 bridgehead atoms. The van der Waals surface area contributed by atoms with Crippen LogP contribution in [0.25, 0.3) is 10.9 Å². The standard InChI is InChI=1S/C38H41ClF4N6O6/c1-37(2,3)55-36(52)49-31-8-6-28(54-22-23-17-24(39)19-25(40)18-23)21-30(31)33(45-49)44-34(50)29-7-5-27(47-13-11-46(4)12-14-47)20-32(29)48(35(51)38(41,42)43)26-9-15-53-16-10-26/h5-8,17-21,26H,9-16,22H2,1-4H3,(H,44,45,50). The summed E-state index contributed by atoms with van der Waals surface area (Å²) < 4.78 is 74.7. The van der Waals surface area contributed by atoms with Gasteiger partial charge in [0.1, 0.15) is 23.8 Å². The molecule has 0 spiro atoms. The summed E-state index contributed by atoms with van der Waals surface area (Å²) in [7, 11) is 1.97. The molecule has 2 aliphatic heterocycles. The summed E-state index contributed by atoms with van der Waals surface area (Å²) in [5.41, 5.74) is -0.153. The van der Waals surface area contributed by atoms with Crippen LogP contribution < -0.4 is 19.9 Å². The summed E-state index contributed by atoms with van der Waals surface area (Å²) >= 11 is 6.00. The number of carbonyl (C=O) groups is 3. The van der Waals surface area contributed by atoms with Crippen LogP contribution in [0.5, 0.6) is 5.75 Å². The quantitative estimate of drug-likeness (QED) is 0.184. The molecule has 2 fully saturated rings. The van der Waals surface area contributed by atoms with Gasteiger partial charge < -0.3 is 34.2 Å². The fourth-order valence-corrected chi connectivity index (χ4v) is 6.73. The summed E-state index contributed by atoms with van der Waals surface area (Å²) in [4.78, 5) is 45.6. The fourth-order valence-electron chi connectivity index (χ4n) is 6.48. The Morgan fingerprint density at radius 3 is 2.35 bits per heavy atom. The molecule has 294 valence electrons. The van der Waals surface area contributed by atoms with Gasteiger partial charge in [0.25, 0.3) is 5.91 Å². The molecule has 0 aliphatic carbocycles. The average Bonchev–Trinajstić information content (AvgIpc) is 3.47. The van der Waals surface area contributed by atoms with Crippen molar-refractivity contribution >= 4 is 57.6 Å². The highest BCUT2D eigenvalue weighted by Gasteiger charge is 2.46. The number of anilines is 3. The van der Waals surface area contributed by atoms with Gasteiger partial charge in [-0.25, -0.2) is 9.18 Å². The van der Waals surface area contributed by atoms with E-state index in [4.69, 9.17) is 25.8 Å². The number of rotatable bonds is 8. The highest BCUT2D eigenvalue weighted by molar-refractivity contribution is 6.30. The SMILES string of the molecule is CN1CCN(c2ccc(C(=O)Nc3nn(C(=O)OC(C)(C)C)c4ccc(OCc5cc(F)cc(Cl)c5)cc34)c(N(C(=O)C(F)(F)F)C3CCOCC3)c2)CC1. The van der Waals surface area contributed by atoms with Crippen molar-refractivity contribution in [2.45, 2.75) is 58.0 Å². The van der Waals surface area contributed by atoms with Gasteiger partial charge in [-0.3, -0.25) is 9.59 Å². The first-order valence-corrected chi connectivity index (χ1v) is 18.1. The van der Waals surface area contributed by atoms with Crippen LogP contribution in [0.15, 0.2) is 54.6 Å². The lowest BCUT2D eigenvalue weighted by Gasteiger charge is -2.37. The normalized spacial score (nSPS) is 15.9. The number of halogens is 5. The molecule has 6 rings (SSSR count). The van der Waals surface area contributed by atoms with Crippen LogP contribution in [0.3, 0.4) is 0 Å². The highest BCUT2D eigenvalue weighted by atomic mass is 35.5. The number of aromatic nitrogens is 2. The van der Waals surface area contributed by atoms with Crippen LogP contribution in [-0.4, -0.2) is 96.8 Å². The Labute approximate surface area is 319 Å². The maximum absolute atomic E-state index is 14.3. The van der Waals surface area contributed by atoms with Crippen LogP contribution in [-0.2, 0) is 20.9 Å². The van der Waals surface area contributed by atoms with E-state index in [0.717, 1.165) is 10.7 Å². The van der Waals surface area contributed by atoms with E-state index in [1.807, 2.05) is 11.9 Å². The Bertz CT molecular complexity index is 2050. The van der Waals surface area contributed by atoms with Crippen LogP contribution >= 0.6 is 11.6 Å². The lowest BCUT2D eigenvalue weighted by molar-refractivity contribution is -0.171. The number of benzene rings is 3. The van der Waals surface area contributed by atoms with Crippen LogP contribution in [0, 0.1) is 5.82 Å². The molecule has 0 saturated carbocycles. The molecule has 1 N–H and O–H groups in total. The fraction of sp³-hybridized carbons (Fsp3) is 0.421. The lowest BCUT2D eigenvalue weighted by atomic mass is 10.0. The molecule has 2 aliphatic rings. The smallest absolute Gasteiger partial charge is 0.471 e. The summed E-state index contributed by atoms with van der Waals surface area (Å²) in [6.07, 6.45) is -5.86.